The molecule has 0 saturated carbocycles. The van der Waals surface area contributed by atoms with Crippen LogP contribution < -0.4 is 5.32 Å². The molecule has 1 rings (SSSR count). The van der Waals surface area contributed by atoms with Gasteiger partial charge < -0.3 is 5.32 Å². The largest absolute Gasteiger partial charge is 0.348 e. The predicted octanol–water partition coefficient (Wildman–Crippen LogP) is 2.84. The van der Waals surface area contributed by atoms with Crippen LogP contribution in [0, 0.1) is 0 Å². The molecule has 0 aliphatic rings. The first kappa shape index (κ1) is 12.7. The van der Waals surface area contributed by atoms with E-state index in [2.05, 4.69) is 17.2 Å². The van der Waals surface area contributed by atoms with Crippen molar-refractivity contribution in [2.75, 3.05) is 0 Å². The average molecular weight is 220 g/mol. The Morgan fingerprint density at radius 2 is 2.25 bits per heavy atom. The number of hydrogen-bond donors (Lipinski definition) is 1. The normalized spacial score (nSPS) is 12.1. The highest BCUT2D eigenvalue weighted by Gasteiger charge is 2.09. The smallest absolute Gasteiger partial charge is 0.220 e. The highest BCUT2D eigenvalue weighted by Crippen LogP contribution is 2.08. The van der Waals surface area contributed by atoms with Crippen LogP contribution in [0.25, 0.3) is 0 Å². The van der Waals surface area contributed by atoms with Crippen molar-refractivity contribution >= 4 is 5.91 Å². The van der Waals surface area contributed by atoms with Gasteiger partial charge >= 0.3 is 0 Å². The summed E-state index contributed by atoms with van der Waals surface area (Å²) >= 11 is 0. The molecule has 0 spiro atoms. The fourth-order valence-corrected chi connectivity index (χ4v) is 1.56. The van der Waals surface area contributed by atoms with Crippen molar-refractivity contribution in [1.82, 2.24) is 10.3 Å². The monoisotopic (exact) mass is 220 g/mol. The molecule has 0 aromatic carbocycles. The van der Waals surface area contributed by atoms with Gasteiger partial charge in [0.05, 0.1) is 11.7 Å². The maximum atomic E-state index is 11.6. The minimum Gasteiger partial charge on any atom is -0.348 e. The Kier molecular flexibility index (Phi) is 5.54. The lowest BCUT2D eigenvalue weighted by Crippen LogP contribution is -2.26. The predicted molar refractivity (Wildman–Crippen MR) is 64.9 cm³/mol. The van der Waals surface area contributed by atoms with Crippen LogP contribution in [0.1, 0.15) is 51.3 Å². The standard InChI is InChI=1S/C13H20N2O/c1-3-4-5-9-13(16)15-11(2)12-8-6-7-10-14-12/h6-8,10-11H,3-5,9H2,1-2H3,(H,15,16). The summed E-state index contributed by atoms with van der Waals surface area (Å²) in [5.74, 6) is 0.117. The Balaban J connectivity index is 2.34. The number of hydrogen-bond acceptors (Lipinski definition) is 2. The molecule has 0 saturated heterocycles. The van der Waals surface area contributed by atoms with Crippen molar-refractivity contribution in [1.29, 1.82) is 0 Å². The number of carbonyl (C=O) groups excluding carboxylic acids is 1. The van der Waals surface area contributed by atoms with Crippen molar-refractivity contribution in [3.05, 3.63) is 30.1 Å². The number of amides is 1. The van der Waals surface area contributed by atoms with E-state index in [0.29, 0.717) is 6.42 Å². The SMILES string of the molecule is CCCCCC(=O)NC(C)c1ccccn1. The third-order valence-corrected chi connectivity index (χ3v) is 2.52. The van der Waals surface area contributed by atoms with Crippen LogP contribution in [0.4, 0.5) is 0 Å². The number of carbonyl (C=O) groups is 1. The van der Waals surface area contributed by atoms with E-state index in [1.165, 1.54) is 0 Å². The van der Waals surface area contributed by atoms with Gasteiger partial charge in [0, 0.05) is 12.6 Å². The molecular weight excluding hydrogens is 200 g/mol. The van der Waals surface area contributed by atoms with Crippen molar-refractivity contribution in [3.63, 3.8) is 0 Å². The van der Waals surface area contributed by atoms with E-state index in [1.807, 2.05) is 25.1 Å². The van der Waals surface area contributed by atoms with Gasteiger partial charge in [-0.25, -0.2) is 0 Å². The van der Waals surface area contributed by atoms with Crippen LogP contribution in [0.3, 0.4) is 0 Å². The minimum atomic E-state index is -0.00433. The lowest BCUT2D eigenvalue weighted by atomic mass is 10.1. The molecule has 1 atom stereocenters. The van der Waals surface area contributed by atoms with E-state index in [-0.39, 0.29) is 11.9 Å². The highest BCUT2D eigenvalue weighted by atomic mass is 16.1. The van der Waals surface area contributed by atoms with E-state index >= 15 is 0 Å². The molecule has 1 amide bonds. The highest BCUT2D eigenvalue weighted by molar-refractivity contribution is 5.76. The van der Waals surface area contributed by atoms with Gasteiger partial charge in [0.25, 0.3) is 0 Å². The van der Waals surface area contributed by atoms with Gasteiger partial charge in [-0.1, -0.05) is 25.8 Å². The molecule has 3 nitrogen and oxygen atoms in total. The number of nitrogens with zero attached hydrogens (tertiary/aromatic N) is 1. The lowest BCUT2D eigenvalue weighted by molar-refractivity contribution is -0.121. The molecule has 88 valence electrons. The third-order valence-electron chi connectivity index (χ3n) is 2.52. The zero-order valence-electron chi connectivity index (χ0n) is 10.1. The molecule has 3 heteroatoms. The second kappa shape index (κ2) is 6.99. The van der Waals surface area contributed by atoms with Crippen LogP contribution in [0.5, 0.6) is 0 Å². The molecule has 1 unspecified atom stereocenters. The van der Waals surface area contributed by atoms with Gasteiger partial charge in [-0.05, 0) is 25.5 Å². The first-order valence-electron chi connectivity index (χ1n) is 5.94. The Bertz CT molecular complexity index is 311. The van der Waals surface area contributed by atoms with Gasteiger partial charge in [0.2, 0.25) is 5.91 Å². The quantitative estimate of drug-likeness (QED) is 0.749. The Labute approximate surface area is 97.3 Å². The molecule has 0 bridgehead atoms. The van der Waals surface area contributed by atoms with Gasteiger partial charge in [0.15, 0.2) is 0 Å². The second-order valence-electron chi connectivity index (χ2n) is 4.00. The van der Waals surface area contributed by atoms with Crippen LogP contribution in [-0.4, -0.2) is 10.9 Å². The summed E-state index contributed by atoms with van der Waals surface area (Å²) in [4.78, 5) is 15.8. The third kappa shape index (κ3) is 4.43. The van der Waals surface area contributed by atoms with E-state index in [1.54, 1.807) is 6.20 Å². The Morgan fingerprint density at radius 3 is 2.88 bits per heavy atom. The first-order valence-corrected chi connectivity index (χ1v) is 5.94. The summed E-state index contributed by atoms with van der Waals surface area (Å²) in [6, 6.07) is 5.73. The van der Waals surface area contributed by atoms with Gasteiger partial charge in [-0.3, -0.25) is 9.78 Å². The van der Waals surface area contributed by atoms with E-state index in [0.717, 1.165) is 25.0 Å². The Hall–Kier alpha value is -1.38. The first-order chi connectivity index (χ1) is 7.74. The number of aromatic nitrogens is 1. The zero-order valence-corrected chi connectivity index (χ0v) is 10.1. The summed E-state index contributed by atoms with van der Waals surface area (Å²) in [5.41, 5.74) is 0.909. The van der Waals surface area contributed by atoms with E-state index in [9.17, 15) is 4.79 Å². The molecule has 0 radical (unpaired) electrons. The maximum Gasteiger partial charge on any atom is 0.220 e. The molecule has 0 fully saturated rings. The van der Waals surface area contributed by atoms with E-state index < -0.39 is 0 Å². The topological polar surface area (TPSA) is 42.0 Å². The minimum absolute atomic E-state index is 0.00433. The summed E-state index contributed by atoms with van der Waals surface area (Å²) < 4.78 is 0. The van der Waals surface area contributed by atoms with Gasteiger partial charge in [0.1, 0.15) is 0 Å². The van der Waals surface area contributed by atoms with Crippen LogP contribution >= 0.6 is 0 Å². The molecule has 0 aliphatic heterocycles. The number of rotatable bonds is 6. The van der Waals surface area contributed by atoms with Crippen LogP contribution in [0.2, 0.25) is 0 Å². The lowest BCUT2D eigenvalue weighted by Gasteiger charge is -2.12. The Morgan fingerprint density at radius 1 is 1.44 bits per heavy atom. The van der Waals surface area contributed by atoms with E-state index in [4.69, 9.17) is 0 Å². The van der Waals surface area contributed by atoms with Gasteiger partial charge in [-0.2, -0.15) is 0 Å². The zero-order chi connectivity index (χ0) is 11.8. The van der Waals surface area contributed by atoms with Crippen molar-refractivity contribution < 1.29 is 4.79 Å². The van der Waals surface area contributed by atoms with Crippen molar-refractivity contribution in [2.45, 2.75) is 45.6 Å². The molecule has 1 heterocycles. The molecule has 1 N–H and O–H groups in total. The summed E-state index contributed by atoms with van der Waals surface area (Å²) in [7, 11) is 0. The molecule has 0 aliphatic carbocycles. The summed E-state index contributed by atoms with van der Waals surface area (Å²) in [6.45, 7) is 4.09. The molecule has 16 heavy (non-hydrogen) atoms. The summed E-state index contributed by atoms with van der Waals surface area (Å²) in [6.07, 6.45) is 5.59. The fourth-order valence-electron chi connectivity index (χ4n) is 1.56. The maximum absolute atomic E-state index is 11.6. The second-order valence-corrected chi connectivity index (χ2v) is 4.00. The van der Waals surface area contributed by atoms with Crippen molar-refractivity contribution in [3.8, 4) is 0 Å². The molecule has 1 aromatic heterocycles. The number of unbranched alkanes of at least 4 members (excludes halogenated alkanes) is 2. The molecular formula is C13H20N2O. The summed E-state index contributed by atoms with van der Waals surface area (Å²) in [5, 5.41) is 2.95. The number of pyridine rings is 1. The van der Waals surface area contributed by atoms with Crippen molar-refractivity contribution in [2.24, 2.45) is 0 Å². The average Bonchev–Trinajstić information content (AvgIpc) is 2.30. The van der Waals surface area contributed by atoms with Crippen LogP contribution in [0.15, 0.2) is 24.4 Å². The van der Waals surface area contributed by atoms with Crippen LogP contribution in [-0.2, 0) is 4.79 Å². The number of nitrogens with one attached hydrogen (secondary N) is 1. The van der Waals surface area contributed by atoms with Gasteiger partial charge in [-0.15, -0.1) is 0 Å². The molecule has 1 aromatic rings. The fraction of sp³-hybridized carbons (Fsp3) is 0.538.